The summed E-state index contributed by atoms with van der Waals surface area (Å²) in [6.07, 6.45) is 1.60. The molecule has 41 heavy (non-hydrogen) atoms. The molecule has 3 aromatic carbocycles. The molecule has 2 heterocycles. The molecule has 8 nitrogen and oxygen atoms in total. The Morgan fingerprint density at radius 1 is 0.878 bits per heavy atom. The predicted molar refractivity (Wildman–Crippen MR) is 162 cm³/mol. The lowest BCUT2D eigenvalue weighted by atomic mass is 10.1. The second-order valence-corrected chi connectivity index (χ2v) is 9.81. The number of methoxy groups -OCH3 is 2. The van der Waals surface area contributed by atoms with E-state index in [-0.39, 0.29) is 10.7 Å². The highest BCUT2D eigenvalue weighted by Gasteiger charge is 2.36. The van der Waals surface area contributed by atoms with Crippen molar-refractivity contribution in [2.45, 2.75) is 20.5 Å². The number of hydrogen-bond donors (Lipinski definition) is 1. The lowest BCUT2D eigenvalue weighted by molar-refractivity contribution is -0.122. The molecule has 0 aliphatic carbocycles. The summed E-state index contributed by atoms with van der Waals surface area (Å²) in [5.41, 5.74) is 4.94. The number of aromatic nitrogens is 1. The van der Waals surface area contributed by atoms with Crippen LogP contribution in [0, 0.1) is 13.8 Å². The van der Waals surface area contributed by atoms with Gasteiger partial charge in [-0.2, -0.15) is 0 Å². The third-order valence-electron chi connectivity index (χ3n) is 6.84. The summed E-state index contributed by atoms with van der Waals surface area (Å²) < 4.78 is 18.7. The molecule has 1 aliphatic heterocycles. The van der Waals surface area contributed by atoms with Crippen LogP contribution in [0.15, 0.2) is 84.4 Å². The van der Waals surface area contributed by atoms with Crippen molar-refractivity contribution >= 4 is 40.9 Å². The zero-order valence-corrected chi connectivity index (χ0v) is 24.0. The molecule has 1 aliphatic rings. The molecule has 0 unspecified atom stereocenters. The van der Waals surface area contributed by atoms with Crippen LogP contribution in [-0.4, -0.2) is 35.7 Å². The highest BCUT2D eigenvalue weighted by atomic mass is 32.1. The Balaban J connectivity index is 1.42. The van der Waals surface area contributed by atoms with Gasteiger partial charge in [0.25, 0.3) is 11.8 Å². The van der Waals surface area contributed by atoms with Gasteiger partial charge < -0.3 is 18.8 Å². The Kier molecular flexibility index (Phi) is 7.89. The zero-order chi connectivity index (χ0) is 29.1. The average Bonchev–Trinajstić information content (AvgIpc) is 3.27. The first-order valence-electron chi connectivity index (χ1n) is 12.9. The number of rotatable bonds is 8. The lowest BCUT2D eigenvalue weighted by Crippen LogP contribution is -2.54. The van der Waals surface area contributed by atoms with Crippen LogP contribution in [0.5, 0.6) is 17.2 Å². The topological polar surface area (TPSA) is 82.0 Å². The number of hydrogen-bond acceptors (Lipinski definition) is 6. The fourth-order valence-corrected chi connectivity index (χ4v) is 5.04. The van der Waals surface area contributed by atoms with Crippen molar-refractivity contribution in [3.05, 3.63) is 107 Å². The molecule has 1 N–H and O–H groups in total. The highest BCUT2D eigenvalue weighted by molar-refractivity contribution is 7.80. The summed E-state index contributed by atoms with van der Waals surface area (Å²) in [5, 5.41) is 2.61. The van der Waals surface area contributed by atoms with Gasteiger partial charge >= 0.3 is 0 Å². The third kappa shape index (κ3) is 5.57. The van der Waals surface area contributed by atoms with Gasteiger partial charge in [-0.25, -0.2) is 4.90 Å². The van der Waals surface area contributed by atoms with E-state index in [2.05, 4.69) is 9.88 Å². The van der Waals surface area contributed by atoms with Crippen molar-refractivity contribution in [1.29, 1.82) is 0 Å². The van der Waals surface area contributed by atoms with E-state index in [0.29, 0.717) is 23.8 Å². The van der Waals surface area contributed by atoms with Crippen LogP contribution >= 0.6 is 12.2 Å². The Labute approximate surface area is 243 Å². The molecule has 208 valence electrons. The number of amides is 2. The monoisotopic (exact) mass is 567 g/mol. The smallest absolute Gasteiger partial charge is 0.270 e. The normalized spacial score (nSPS) is 14.3. The van der Waals surface area contributed by atoms with Crippen LogP contribution in [0.25, 0.3) is 11.8 Å². The van der Waals surface area contributed by atoms with Crippen molar-refractivity contribution in [3.8, 4) is 22.9 Å². The van der Waals surface area contributed by atoms with Gasteiger partial charge in [0.2, 0.25) is 0 Å². The second-order valence-electron chi connectivity index (χ2n) is 9.43. The maximum Gasteiger partial charge on any atom is 0.270 e. The van der Waals surface area contributed by atoms with Crippen LogP contribution in [0.1, 0.15) is 22.5 Å². The number of carbonyl (C=O) groups is 2. The highest BCUT2D eigenvalue weighted by Crippen LogP contribution is 2.35. The molecule has 1 fully saturated rings. The number of nitrogens with one attached hydrogen (secondary N) is 1. The molecule has 5 rings (SSSR count). The molecule has 0 radical (unpaired) electrons. The summed E-state index contributed by atoms with van der Waals surface area (Å²) in [6, 6.07) is 24.7. The molecular weight excluding hydrogens is 538 g/mol. The number of thiocarbonyl (C=S) groups is 1. The number of anilines is 1. The molecule has 2 amide bonds. The van der Waals surface area contributed by atoms with E-state index in [9.17, 15) is 9.59 Å². The number of benzene rings is 3. The van der Waals surface area contributed by atoms with Crippen LogP contribution in [0.2, 0.25) is 0 Å². The van der Waals surface area contributed by atoms with E-state index in [1.54, 1.807) is 24.3 Å². The molecule has 9 heteroatoms. The van der Waals surface area contributed by atoms with Gasteiger partial charge in [-0.3, -0.25) is 14.9 Å². The first-order chi connectivity index (χ1) is 19.8. The zero-order valence-electron chi connectivity index (χ0n) is 23.1. The largest absolute Gasteiger partial charge is 0.497 e. The standard InChI is InChI=1S/C32H29N3O5S/c1-20-16-23(21(2)34(20)24-10-12-25(13-11-24)40-19-22-8-6-5-7-9-22)17-27-30(36)33-32(41)35(31(27)37)28-15-14-26(38-3)18-29(28)39-4/h5-18H,19H2,1-4H3,(H,33,36,41)/b27-17+. The van der Waals surface area contributed by atoms with Crippen molar-refractivity contribution in [2.24, 2.45) is 0 Å². The fraction of sp³-hybridized carbons (Fsp3) is 0.156. The van der Waals surface area contributed by atoms with Gasteiger partial charge in [0.15, 0.2) is 5.11 Å². The Hall–Kier alpha value is -4.89. The molecule has 0 saturated carbocycles. The van der Waals surface area contributed by atoms with Crippen LogP contribution in [-0.2, 0) is 16.2 Å². The minimum absolute atomic E-state index is 0.0272. The molecule has 4 aromatic rings. The summed E-state index contributed by atoms with van der Waals surface area (Å²) >= 11 is 5.37. The SMILES string of the molecule is COc1ccc(N2C(=O)/C(=C/c3cc(C)n(-c4ccc(OCc5ccccc5)cc4)c3C)C(=O)NC2=S)c(OC)c1. The van der Waals surface area contributed by atoms with E-state index in [0.717, 1.165) is 34.0 Å². The molecule has 0 spiro atoms. The number of carbonyl (C=O) groups excluding carboxylic acids is 2. The van der Waals surface area contributed by atoms with Gasteiger partial charge in [-0.1, -0.05) is 30.3 Å². The first kappa shape index (κ1) is 27.7. The summed E-state index contributed by atoms with van der Waals surface area (Å²) in [4.78, 5) is 27.8. The van der Waals surface area contributed by atoms with Crippen molar-refractivity contribution in [3.63, 3.8) is 0 Å². The van der Waals surface area contributed by atoms with Gasteiger partial charge in [-0.05, 0) is 85.7 Å². The van der Waals surface area contributed by atoms with Crippen LogP contribution in [0.4, 0.5) is 5.69 Å². The maximum atomic E-state index is 13.7. The minimum atomic E-state index is -0.562. The van der Waals surface area contributed by atoms with E-state index >= 15 is 0 Å². The number of ether oxygens (including phenoxy) is 3. The molecular formula is C32H29N3O5S. The molecule has 0 bridgehead atoms. The quantitative estimate of drug-likeness (QED) is 0.172. The van der Waals surface area contributed by atoms with Gasteiger partial charge in [0.1, 0.15) is 29.4 Å². The second kappa shape index (κ2) is 11.7. The van der Waals surface area contributed by atoms with E-state index in [4.69, 9.17) is 26.4 Å². The minimum Gasteiger partial charge on any atom is -0.497 e. The number of aryl methyl sites for hydroxylation is 1. The lowest BCUT2D eigenvalue weighted by Gasteiger charge is -2.30. The van der Waals surface area contributed by atoms with E-state index in [1.807, 2.05) is 74.5 Å². The van der Waals surface area contributed by atoms with Gasteiger partial charge in [-0.15, -0.1) is 0 Å². The summed E-state index contributed by atoms with van der Waals surface area (Å²) in [6.45, 7) is 4.40. The van der Waals surface area contributed by atoms with Crippen molar-refractivity contribution in [2.75, 3.05) is 19.1 Å². The molecule has 0 atom stereocenters. The maximum absolute atomic E-state index is 13.7. The van der Waals surface area contributed by atoms with E-state index in [1.165, 1.54) is 19.1 Å². The fourth-order valence-electron chi connectivity index (χ4n) is 4.76. The van der Waals surface area contributed by atoms with Crippen molar-refractivity contribution < 1.29 is 23.8 Å². The van der Waals surface area contributed by atoms with Crippen LogP contribution < -0.4 is 24.4 Å². The Morgan fingerprint density at radius 2 is 1.59 bits per heavy atom. The third-order valence-corrected chi connectivity index (χ3v) is 7.13. The van der Waals surface area contributed by atoms with E-state index < -0.39 is 11.8 Å². The Morgan fingerprint density at radius 3 is 2.27 bits per heavy atom. The van der Waals surface area contributed by atoms with Crippen LogP contribution in [0.3, 0.4) is 0 Å². The number of nitrogens with zero attached hydrogens (tertiary/aromatic N) is 2. The predicted octanol–water partition coefficient (Wildman–Crippen LogP) is 5.52. The van der Waals surface area contributed by atoms with Crippen molar-refractivity contribution in [1.82, 2.24) is 9.88 Å². The Bertz CT molecular complexity index is 1660. The first-order valence-corrected chi connectivity index (χ1v) is 13.3. The summed E-state index contributed by atoms with van der Waals surface area (Å²) in [7, 11) is 3.03. The molecule has 1 saturated heterocycles. The van der Waals surface area contributed by atoms with Gasteiger partial charge in [0, 0.05) is 23.1 Å². The molecule has 1 aromatic heterocycles. The van der Waals surface area contributed by atoms with Gasteiger partial charge in [0.05, 0.1) is 19.9 Å². The summed E-state index contributed by atoms with van der Waals surface area (Å²) in [5.74, 6) is 0.589. The average molecular weight is 568 g/mol.